The van der Waals surface area contributed by atoms with Crippen LogP contribution in [-0.4, -0.2) is 27.4 Å². The molecular weight excluding hydrogens is 362 g/mol. The number of anilines is 2. The van der Waals surface area contributed by atoms with Gasteiger partial charge >= 0.3 is 5.91 Å². The van der Waals surface area contributed by atoms with Crippen LogP contribution in [0.1, 0.15) is 6.92 Å². The van der Waals surface area contributed by atoms with Gasteiger partial charge in [-0.15, -0.1) is 11.3 Å². The van der Waals surface area contributed by atoms with Gasteiger partial charge in [-0.25, -0.2) is 4.98 Å². The van der Waals surface area contributed by atoms with Gasteiger partial charge in [0.25, 0.3) is 0 Å². The van der Waals surface area contributed by atoms with Gasteiger partial charge in [-0.3, -0.25) is 10.2 Å². The van der Waals surface area contributed by atoms with E-state index in [-0.39, 0.29) is 17.4 Å². The predicted molar refractivity (Wildman–Crippen MR) is 107 cm³/mol. The maximum Gasteiger partial charge on any atom is 0.303 e. The third kappa shape index (κ3) is 3.42. The second-order valence-corrected chi connectivity index (χ2v) is 6.64. The molecular formula is C19H15N5O2S. The summed E-state index contributed by atoms with van der Waals surface area (Å²) in [7, 11) is 0. The number of benzene rings is 2. The zero-order chi connectivity index (χ0) is 18.8. The number of thiazole rings is 1. The molecule has 0 saturated heterocycles. The fraction of sp³-hybridized carbons (Fsp3) is 0.0526. The molecule has 0 spiro atoms. The molecule has 1 aromatic heterocycles. The summed E-state index contributed by atoms with van der Waals surface area (Å²) in [5, 5.41) is 21.6. The summed E-state index contributed by atoms with van der Waals surface area (Å²) in [6, 6.07) is 16.2. The highest BCUT2D eigenvalue weighted by Gasteiger charge is 2.32. The molecule has 0 aliphatic carbocycles. The van der Waals surface area contributed by atoms with Crippen molar-refractivity contribution >= 4 is 39.5 Å². The lowest BCUT2D eigenvalue weighted by Crippen LogP contribution is -2.27. The topological polar surface area (TPSA) is 90.2 Å². The largest absolute Gasteiger partial charge is 0.508 e. The highest BCUT2D eigenvalue weighted by molar-refractivity contribution is 7.14. The first kappa shape index (κ1) is 16.9. The summed E-state index contributed by atoms with van der Waals surface area (Å²) in [5.74, 6) is -0.240. The van der Waals surface area contributed by atoms with Crippen LogP contribution in [0.15, 0.2) is 70.2 Å². The molecule has 0 saturated carbocycles. The molecule has 0 unspecified atom stereocenters. The lowest BCUT2D eigenvalue weighted by atomic mass is 10.2. The fourth-order valence-electron chi connectivity index (χ4n) is 2.56. The molecule has 2 aromatic carbocycles. The normalized spacial score (nSPS) is 15.3. The third-order valence-corrected chi connectivity index (χ3v) is 4.69. The zero-order valence-corrected chi connectivity index (χ0v) is 15.1. The van der Waals surface area contributed by atoms with Crippen LogP contribution in [0.2, 0.25) is 0 Å². The number of carbonyl (C=O) groups is 1. The van der Waals surface area contributed by atoms with Gasteiger partial charge in [-0.05, 0) is 19.1 Å². The monoisotopic (exact) mass is 377 g/mol. The number of nitrogens with one attached hydrogen (secondary N) is 1. The van der Waals surface area contributed by atoms with E-state index >= 15 is 0 Å². The summed E-state index contributed by atoms with van der Waals surface area (Å²) in [6.07, 6.45) is 0. The van der Waals surface area contributed by atoms with E-state index in [1.807, 2.05) is 35.7 Å². The standard InChI is InChI=1S/C19H15N5O2S/c1-12-17(22-21-14-8-5-9-15(25)10-14)18(26)24(23-12)19-20-16(11-27-19)13-6-3-2-4-7-13/h2-11,21,25H,1H3/b22-17-. The van der Waals surface area contributed by atoms with Crippen LogP contribution in [-0.2, 0) is 4.79 Å². The Hall–Kier alpha value is -3.52. The predicted octanol–water partition coefficient (Wildman–Crippen LogP) is 3.71. The van der Waals surface area contributed by atoms with Crippen LogP contribution >= 0.6 is 11.3 Å². The zero-order valence-electron chi connectivity index (χ0n) is 14.3. The van der Waals surface area contributed by atoms with E-state index < -0.39 is 0 Å². The van der Waals surface area contributed by atoms with Gasteiger partial charge in [0.15, 0.2) is 5.71 Å². The Bertz CT molecular complexity index is 1060. The Morgan fingerprint density at radius 1 is 1.15 bits per heavy atom. The average Bonchev–Trinajstić information content (AvgIpc) is 3.26. The number of hydrogen-bond donors (Lipinski definition) is 2. The lowest BCUT2D eigenvalue weighted by molar-refractivity contribution is -0.112. The number of phenolic OH excluding ortho intramolecular Hbond substituents is 1. The van der Waals surface area contributed by atoms with Crippen LogP contribution in [0.5, 0.6) is 5.75 Å². The van der Waals surface area contributed by atoms with Crippen LogP contribution in [0.3, 0.4) is 0 Å². The first-order valence-electron chi connectivity index (χ1n) is 8.15. The maximum atomic E-state index is 12.7. The van der Waals surface area contributed by atoms with Crippen molar-refractivity contribution in [3.05, 3.63) is 60.0 Å². The molecule has 0 radical (unpaired) electrons. The highest BCUT2D eigenvalue weighted by atomic mass is 32.1. The molecule has 27 heavy (non-hydrogen) atoms. The summed E-state index contributed by atoms with van der Waals surface area (Å²) in [4.78, 5) is 17.2. The van der Waals surface area contributed by atoms with E-state index in [4.69, 9.17) is 0 Å². The molecule has 1 aliphatic rings. The smallest absolute Gasteiger partial charge is 0.303 e. The van der Waals surface area contributed by atoms with Crippen molar-refractivity contribution in [2.75, 3.05) is 10.4 Å². The summed E-state index contributed by atoms with van der Waals surface area (Å²) in [6.45, 7) is 1.71. The molecule has 2 N–H and O–H groups in total. The number of hydrazone groups is 2. The Balaban J connectivity index is 1.55. The molecule has 1 aliphatic heterocycles. The van der Waals surface area contributed by atoms with Crippen molar-refractivity contribution in [1.82, 2.24) is 4.98 Å². The number of nitrogens with zero attached hydrogens (tertiary/aromatic N) is 4. The minimum atomic E-state index is -0.353. The first-order valence-corrected chi connectivity index (χ1v) is 9.03. The number of hydrogen-bond acceptors (Lipinski definition) is 7. The number of phenols is 1. The van der Waals surface area contributed by atoms with Crippen molar-refractivity contribution < 1.29 is 9.90 Å². The van der Waals surface area contributed by atoms with Crippen LogP contribution < -0.4 is 10.4 Å². The van der Waals surface area contributed by atoms with E-state index in [0.29, 0.717) is 16.5 Å². The average molecular weight is 377 g/mol. The molecule has 0 fully saturated rings. The van der Waals surface area contributed by atoms with E-state index in [0.717, 1.165) is 11.3 Å². The van der Waals surface area contributed by atoms with E-state index in [1.54, 1.807) is 25.1 Å². The van der Waals surface area contributed by atoms with Gasteiger partial charge in [-0.2, -0.15) is 15.2 Å². The Morgan fingerprint density at radius 3 is 2.74 bits per heavy atom. The minimum Gasteiger partial charge on any atom is -0.508 e. The van der Waals surface area contributed by atoms with Gasteiger partial charge in [-0.1, -0.05) is 36.4 Å². The Labute approximate surface area is 159 Å². The van der Waals surface area contributed by atoms with Gasteiger partial charge < -0.3 is 5.11 Å². The van der Waals surface area contributed by atoms with Crippen molar-refractivity contribution in [3.8, 4) is 17.0 Å². The van der Waals surface area contributed by atoms with E-state index in [1.165, 1.54) is 22.4 Å². The summed E-state index contributed by atoms with van der Waals surface area (Å²) >= 11 is 1.34. The van der Waals surface area contributed by atoms with E-state index in [2.05, 4.69) is 20.6 Å². The van der Waals surface area contributed by atoms with Crippen LogP contribution in [0.25, 0.3) is 11.3 Å². The molecule has 3 aromatic rings. The maximum absolute atomic E-state index is 12.7. The van der Waals surface area contributed by atoms with Crippen molar-refractivity contribution in [2.45, 2.75) is 6.92 Å². The number of aromatic hydroxyl groups is 1. The third-order valence-electron chi connectivity index (χ3n) is 3.87. The quantitative estimate of drug-likeness (QED) is 0.678. The Kier molecular flexibility index (Phi) is 4.39. The summed E-state index contributed by atoms with van der Waals surface area (Å²) < 4.78 is 0. The van der Waals surface area contributed by atoms with Gasteiger partial charge in [0.05, 0.1) is 17.1 Å². The van der Waals surface area contributed by atoms with Crippen LogP contribution in [0.4, 0.5) is 10.8 Å². The number of rotatable bonds is 4. The summed E-state index contributed by atoms with van der Waals surface area (Å²) in [5.41, 5.74) is 5.81. The second-order valence-electron chi connectivity index (χ2n) is 5.81. The van der Waals surface area contributed by atoms with Crippen LogP contribution in [0, 0.1) is 0 Å². The number of amides is 1. The molecule has 1 amide bonds. The Morgan fingerprint density at radius 2 is 1.96 bits per heavy atom. The van der Waals surface area contributed by atoms with Gasteiger partial charge in [0.2, 0.25) is 5.13 Å². The molecule has 0 atom stereocenters. The first-order chi connectivity index (χ1) is 13.1. The number of aromatic nitrogens is 1. The number of carbonyl (C=O) groups excluding carboxylic acids is 1. The molecule has 7 nitrogen and oxygen atoms in total. The molecule has 8 heteroatoms. The highest BCUT2D eigenvalue weighted by Crippen LogP contribution is 2.29. The SMILES string of the molecule is CC1=NN(c2nc(-c3ccccc3)cs2)C(=O)/C1=N\Nc1cccc(O)c1. The van der Waals surface area contributed by atoms with Gasteiger partial charge in [0.1, 0.15) is 5.75 Å². The van der Waals surface area contributed by atoms with Crippen molar-refractivity contribution in [1.29, 1.82) is 0 Å². The van der Waals surface area contributed by atoms with Gasteiger partial charge in [0, 0.05) is 17.0 Å². The second kappa shape index (κ2) is 7.00. The molecule has 134 valence electrons. The molecule has 4 rings (SSSR count). The van der Waals surface area contributed by atoms with E-state index in [9.17, 15) is 9.90 Å². The minimum absolute atomic E-state index is 0.112. The van der Waals surface area contributed by atoms with Crippen molar-refractivity contribution in [2.24, 2.45) is 10.2 Å². The van der Waals surface area contributed by atoms with Crippen molar-refractivity contribution in [3.63, 3.8) is 0 Å². The molecule has 0 bridgehead atoms. The molecule has 2 heterocycles. The lowest BCUT2D eigenvalue weighted by Gasteiger charge is -2.06. The fourth-order valence-corrected chi connectivity index (χ4v) is 3.34.